The van der Waals surface area contributed by atoms with Crippen molar-refractivity contribution in [1.29, 1.82) is 0 Å². The van der Waals surface area contributed by atoms with Gasteiger partial charge < -0.3 is 0 Å². The van der Waals surface area contributed by atoms with Crippen molar-refractivity contribution in [3.63, 3.8) is 0 Å². The van der Waals surface area contributed by atoms with E-state index in [0.717, 1.165) is 0 Å². The van der Waals surface area contributed by atoms with E-state index in [2.05, 4.69) is 80.2 Å². The molecule has 3 aromatic rings. The number of aromatic nitrogens is 1. The zero-order valence-electron chi connectivity index (χ0n) is 11.6. The number of benzene rings is 2. The summed E-state index contributed by atoms with van der Waals surface area (Å²) in [6, 6.07) is 17.3. The molecule has 0 saturated heterocycles. The van der Waals surface area contributed by atoms with Crippen LogP contribution in [0.3, 0.4) is 0 Å². The van der Waals surface area contributed by atoms with Crippen LogP contribution in [0.15, 0.2) is 54.7 Å². The summed E-state index contributed by atoms with van der Waals surface area (Å²) in [5, 5.41) is 2.62. The van der Waals surface area contributed by atoms with Gasteiger partial charge in [-0.3, -0.25) is 0 Å². The minimum atomic E-state index is 1.26. The van der Waals surface area contributed by atoms with E-state index in [1.54, 1.807) is 0 Å². The highest BCUT2D eigenvalue weighted by Crippen LogP contribution is 2.24. The van der Waals surface area contributed by atoms with E-state index in [-0.39, 0.29) is 0 Å². The molecule has 0 aliphatic rings. The Labute approximate surface area is 114 Å². The number of rotatable bonds is 1. The van der Waals surface area contributed by atoms with Crippen molar-refractivity contribution in [3.05, 3.63) is 65.9 Å². The molecule has 2 aromatic carbocycles. The van der Waals surface area contributed by atoms with E-state index >= 15 is 0 Å². The maximum Gasteiger partial charge on any atom is 0.213 e. The van der Waals surface area contributed by atoms with E-state index < -0.39 is 0 Å². The summed E-state index contributed by atoms with van der Waals surface area (Å²) in [6.07, 6.45) is 2.23. The SMILES string of the molecule is Cc1ccccc1-c1cc2cccc(C)c2c[n+]1C. The predicted octanol–water partition coefficient (Wildman–Crippen LogP) is 3.95. The molecule has 94 valence electrons. The van der Waals surface area contributed by atoms with E-state index in [1.165, 1.54) is 33.2 Å². The standard InChI is InChI=1S/C18H18N/c1-13-7-4-5-10-16(13)18-11-15-9-6-8-14(2)17(15)12-19(18)3/h4-12H,1-3H3/q+1. The van der Waals surface area contributed by atoms with Crippen molar-refractivity contribution in [2.45, 2.75) is 13.8 Å². The molecule has 1 heteroatoms. The summed E-state index contributed by atoms with van der Waals surface area (Å²) in [5.41, 5.74) is 5.19. The van der Waals surface area contributed by atoms with E-state index in [0.29, 0.717) is 0 Å². The van der Waals surface area contributed by atoms with Crippen molar-refractivity contribution < 1.29 is 4.57 Å². The van der Waals surface area contributed by atoms with Gasteiger partial charge >= 0.3 is 0 Å². The number of pyridine rings is 1. The van der Waals surface area contributed by atoms with Gasteiger partial charge in [-0.15, -0.1) is 0 Å². The molecule has 0 saturated carbocycles. The topological polar surface area (TPSA) is 3.88 Å². The lowest BCUT2D eigenvalue weighted by atomic mass is 10.0. The van der Waals surface area contributed by atoms with Crippen molar-refractivity contribution in [3.8, 4) is 11.3 Å². The van der Waals surface area contributed by atoms with Crippen LogP contribution in [0.25, 0.3) is 22.0 Å². The molecule has 0 amide bonds. The van der Waals surface area contributed by atoms with Gasteiger partial charge in [0, 0.05) is 17.0 Å². The van der Waals surface area contributed by atoms with Crippen LogP contribution in [0.5, 0.6) is 0 Å². The zero-order chi connectivity index (χ0) is 13.4. The molecule has 19 heavy (non-hydrogen) atoms. The first-order valence-corrected chi connectivity index (χ1v) is 6.62. The Morgan fingerprint density at radius 3 is 2.37 bits per heavy atom. The second-order valence-electron chi connectivity index (χ2n) is 5.16. The molecule has 0 unspecified atom stereocenters. The Morgan fingerprint density at radius 2 is 1.58 bits per heavy atom. The second kappa shape index (κ2) is 4.51. The summed E-state index contributed by atoms with van der Waals surface area (Å²) in [7, 11) is 2.12. The number of nitrogens with zero attached hydrogens (tertiary/aromatic N) is 1. The smallest absolute Gasteiger partial charge is 0.200 e. The fraction of sp³-hybridized carbons (Fsp3) is 0.167. The molecule has 0 atom stereocenters. The lowest BCUT2D eigenvalue weighted by Gasteiger charge is -2.07. The van der Waals surface area contributed by atoms with Crippen LogP contribution >= 0.6 is 0 Å². The first-order chi connectivity index (χ1) is 9.16. The van der Waals surface area contributed by atoms with Crippen molar-refractivity contribution in [2.24, 2.45) is 7.05 Å². The molecule has 0 aliphatic carbocycles. The number of aryl methyl sites for hydroxylation is 3. The van der Waals surface area contributed by atoms with Crippen LogP contribution < -0.4 is 4.57 Å². The van der Waals surface area contributed by atoms with Crippen LogP contribution in [0.4, 0.5) is 0 Å². The monoisotopic (exact) mass is 248 g/mol. The van der Waals surface area contributed by atoms with E-state index in [1.807, 2.05) is 0 Å². The molecule has 1 nitrogen and oxygen atoms in total. The Hall–Kier alpha value is -2.15. The fourth-order valence-electron chi connectivity index (χ4n) is 2.65. The Morgan fingerprint density at radius 1 is 0.842 bits per heavy atom. The van der Waals surface area contributed by atoms with Crippen LogP contribution in [-0.4, -0.2) is 0 Å². The summed E-state index contributed by atoms with van der Waals surface area (Å²) in [6.45, 7) is 4.32. The lowest BCUT2D eigenvalue weighted by Crippen LogP contribution is -2.30. The van der Waals surface area contributed by atoms with Gasteiger partial charge in [-0.25, -0.2) is 4.57 Å². The van der Waals surface area contributed by atoms with Crippen molar-refractivity contribution in [2.75, 3.05) is 0 Å². The Bertz CT molecular complexity index is 757. The van der Waals surface area contributed by atoms with Gasteiger partial charge in [0.2, 0.25) is 5.69 Å². The molecule has 0 aliphatic heterocycles. The normalized spacial score (nSPS) is 10.9. The molecule has 3 rings (SSSR count). The minimum Gasteiger partial charge on any atom is -0.200 e. The van der Waals surface area contributed by atoms with Gasteiger partial charge in [0.15, 0.2) is 6.20 Å². The molecule has 1 heterocycles. The highest BCUT2D eigenvalue weighted by molar-refractivity contribution is 5.86. The van der Waals surface area contributed by atoms with Gasteiger partial charge in [0.1, 0.15) is 7.05 Å². The number of fused-ring (bicyclic) bond motifs is 1. The van der Waals surface area contributed by atoms with E-state index in [9.17, 15) is 0 Å². The predicted molar refractivity (Wildman–Crippen MR) is 80.0 cm³/mol. The molecule has 1 aromatic heterocycles. The highest BCUT2D eigenvalue weighted by atomic mass is 14.9. The highest BCUT2D eigenvalue weighted by Gasteiger charge is 2.13. The molecule has 0 spiro atoms. The van der Waals surface area contributed by atoms with Gasteiger partial charge in [-0.1, -0.05) is 36.4 Å². The van der Waals surface area contributed by atoms with Crippen molar-refractivity contribution in [1.82, 2.24) is 0 Å². The summed E-state index contributed by atoms with van der Waals surface area (Å²) in [5.74, 6) is 0. The summed E-state index contributed by atoms with van der Waals surface area (Å²) >= 11 is 0. The Kier molecular flexibility index (Phi) is 2.83. The van der Waals surface area contributed by atoms with Crippen LogP contribution in [0, 0.1) is 13.8 Å². The maximum atomic E-state index is 2.28. The number of hydrogen-bond acceptors (Lipinski definition) is 0. The fourth-order valence-corrected chi connectivity index (χ4v) is 2.65. The third-order valence-corrected chi connectivity index (χ3v) is 3.77. The van der Waals surface area contributed by atoms with Gasteiger partial charge in [0.25, 0.3) is 0 Å². The second-order valence-corrected chi connectivity index (χ2v) is 5.16. The summed E-state index contributed by atoms with van der Waals surface area (Å²) in [4.78, 5) is 0. The van der Waals surface area contributed by atoms with Gasteiger partial charge in [-0.2, -0.15) is 0 Å². The zero-order valence-corrected chi connectivity index (χ0v) is 11.6. The third-order valence-electron chi connectivity index (χ3n) is 3.77. The largest absolute Gasteiger partial charge is 0.213 e. The van der Waals surface area contributed by atoms with Crippen LogP contribution in [0.2, 0.25) is 0 Å². The minimum absolute atomic E-state index is 1.26. The quantitative estimate of drug-likeness (QED) is 0.574. The average molecular weight is 248 g/mol. The van der Waals surface area contributed by atoms with E-state index in [4.69, 9.17) is 0 Å². The molecule has 0 radical (unpaired) electrons. The molecular weight excluding hydrogens is 230 g/mol. The van der Waals surface area contributed by atoms with Crippen LogP contribution in [-0.2, 0) is 7.05 Å². The van der Waals surface area contributed by atoms with Crippen molar-refractivity contribution >= 4 is 10.8 Å². The molecule has 0 bridgehead atoms. The summed E-state index contributed by atoms with van der Waals surface area (Å²) < 4.78 is 2.22. The maximum absolute atomic E-state index is 2.28. The first-order valence-electron chi connectivity index (χ1n) is 6.62. The third kappa shape index (κ3) is 2.01. The molecule has 0 N–H and O–H groups in total. The first kappa shape index (κ1) is 11.9. The molecular formula is C18H18N+. The van der Waals surface area contributed by atoms with Gasteiger partial charge in [-0.05, 0) is 36.4 Å². The van der Waals surface area contributed by atoms with Gasteiger partial charge in [0.05, 0.1) is 0 Å². The number of hydrogen-bond donors (Lipinski definition) is 0. The van der Waals surface area contributed by atoms with Crippen LogP contribution in [0.1, 0.15) is 11.1 Å². The average Bonchev–Trinajstić information content (AvgIpc) is 2.40. The molecule has 0 fully saturated rings. The Balaban J connectivity index is 2.31. The lowest BCUT2D eigenvalue weighted by molar-refractivity contribution is -0.659.